The van der Waals surface area contributed by atoms with Crippen LogP contribution in [0, 0.1) is 52.9 Å². The third-order valence-corrected chi connectivity index (χ3v) is 8.49. The van der Waals surface area contributed by atoms with Crippen molar-refractivity contribution in [3.05, 3.63) is 69.8 Å². The molecule has 2 aliphatic rings. The summed E-state index contributed by atoms with van der Waals surface area (Å²) in [6, 6.07) is 9.55. The van der Waals surface area contributed by atoms with Gasteiger partial charge in [-0.3, -0.25) is 0 Å². The summed E-state index contributed by atoms with van der Waals surface area (Å²) in [5.74, 6) is 0.915. The van der Waals surface area contributed by atoms with Crippen LogP contribution >= 0.6 is 0 Å². The highest BCUT2D eigenvalue weighted by Crippen LogP contribution is 2.52. The van der Waals surface area contributed by atoms with Gasteiger partial charge in [0.25, 0.3) is 0 Å². The highest BCUT2D eigenvalue weighted by Gasteiger charge is 2.39. The van der Waals surface area contributed by atoms with Gasteiger partial charge in [-0.15, -0.1) is 0 Å². The van der Waals surface area contributed by atoms with Crippen LogP contribution in [0.4, 0.5) is 0 Å². The zero-order valence-corrected chi connectivity index (χ0v) is 21.5. The molecule has 2 aromatic carbocycles. The van der Waals surface area contributed by atoms with E-state index in [9.17, 15) is 0 Å². The van der Waals surface area contributed by atoms with Crippen molar-refractivity contribution in [3.63, 3.8) is 0 Å². The summed E-state index contributed by atoms with van der Waals surface area (Å²) in [4.78, 5) is 0. The molecular weight excluding hydrogens is 383 g/mol. The molecule has 32 heavy (non-hydrogen) atoms. The van der Waals surface area contributed by atoms with Crippen LogP contribution in [0.3, 0.4) is 0 Å². The number of hydrogen-bond acceptors (Lipinski definition) is 0. The SMILES string of the molecule is Cc1cc(C)c(B(CCCCCCC23C=CC(CC2)C3)c2c(C)cc(C)cc2C)c(C)c1. The Morgan fingerprint density at radius 3 is 1.72 bits per heavy atom. The highest BCUT2D eigenvalue weighted by molar-refractivity contribution is 6.86. The lowest BCUT2D eigenvalue weighted by Gasteiger charge is -2.25. The number of benzene rings is 2. The van der Waals surface area contributed by atoms with Crippen LogP contribution in [0.15, 0.2) is 36.4 Å². The summed E-state index contributed by atoms with van der Waals surface area (Å²) < 4.78 is 0. The second kappa shape index (κ2) is 9.62. The van der Waals surface area contributed by atoms with Gasteiger partial charge >= 0.3 is 0 Å². The summed E-state index contributed by atoms with van der Waals surface area (Å²) in [7, 11) is 0. The molecule has 1 saturated carbocycles. The predicted octanol–water partition coefficient (Wildman–Crippen LogP) is 7.45. The third kappa shape index (κ3) is 4.93. The molecule has 2 unspecified atom stereocenters. The third-order valence-electron chi connectivity index (χ3n) is 8.49. The van der Waals surface area contributed by atoms with Crippen molar-refractivity contribution in [2.24, 2.45) is 11.3 Å². The second-order valence-corrected chi connectivity index (χ2v) is 11.4. The molecule has 0 amide bonds. The largest absolute Gasteiger partial charge is 0.210 e. The monoisotopic (exact) mass is 426 g/mol. The first-order valence-corrected chi connectivity index (χ1v) is 13.1. The van der Waals surface area contributed by atoms with Gasteiger partial charge < -0.3 is 0 Å². The van der Waals surface area contributed by atoms with Gasteiger partial charge in [0, 0.05) is 0 Å². The molecule has 0 nitrogen and oxygen atoms in total. The molecule has 0 N–H and O–H groups in total. The van der Waals surface area contributed by atoms with Crippen molar-refractivity contribution in [2.45, 2.75) is 99.2 Å². The molecule has 2 bridgehead atoms. The summed E-state index contributed by atoms with van der Waals surface area (Å²) >= 11 is 0. The molecule has 0 aliphatic heterocycles. The molecule has 1 fully saturated rings. The molecule has 0 aromatic heterocycles. The molecule has 4 rings (SSSR count). The first-order valence-electron chi connectivity index (χ1n) is 13.1. The van der Waals surface area contributed by atoms with Crippen LogP contribution in [0.5, 0.6) is 0 Å². The normalized spacial score (nSPS) is 21.5. The second-order valence-electron chi connectivity index (χ2n) is 11.4. The van der Waals surface area contributed by atoms with E-state index in [-0.39, 0.29) is 0 Å². The molecule has 170 valence electrons. The maximum Gasteiger partial charge on any atom is 0.210 e. The topological polar surface area (TPSA) is 0 Å². The summed E-state index contributed by atoms with van der Waals surface area (Å²) in [5.41, 5.74) is 12.4. The molecule has 1 heteroatoms. The number of aryl methyl sites for hydroxylation is 6. The van der Waals surface area contributed by atoms with Gasteiger partial charge in [-0.25, -0.2) is 0 Å². The van der Waals surface area contributed by atoms with Gasteiger partial charge in [-0.1, -0.05) is 113 Å². The standard InChI is InChI=1S/C31H43B/c1-22-17-24(3)29(25(4)18-22)32(30-26(5)19-23(2)20-27(30)6)16-10-8-7-9-13-31-14-11-28(21-31)12-15-31/h11,14,17-20,28H,7-10,12-13,15-16,21H2,1-6H3. The zero-order valence-electron chi connectivity index (χ0n) is 21.5. The van der Waals surface area contributed by atoms with E-state index in [1.54, 1.807) is 10.9 Å². The van der Waals surface area contributed by atoms with E-state index in [1.807, 2.05) is 0 Å². The predicted molar refractivity (Wildman–Crippen MR) is 143 cm³/mol. The molecule has 2 aromatic rings. The average Bonchev–Trinajstić information content (AvgIpc) is 3.30. The molecular formula is C31H43B. The zero-order chi connectivity index (χ0) is 22.9. The number of hydrogen-bond donors (Lipinski definition) is 0. The van der Waals surface area contributed by atoms with Crippen LogP contribution in [-0.4, -0.2) is 6.71 Å². The number of fused-ring (bicyclic) bond motifs is 2. The van der Waals surface area contributed by atoms with Crippen LogP contribution < -0.4 is 10.9 Å². The fraction of sp³-hybridized carbons (Fsp3) is 0.548. The van der Waals surface area contributed by atoms with E-state index >= 15 is 0 Å². The van der Waals surface area contributed by atoms with E-state index in [0.29, 0.717) is 12.1 Å². The average molecular weight is 426 g/mol. The number of rotatable bonds is 9. The highest BCUT2D eigenvalue weighted by atomic mass is 14.4. The Labute approximate surface area is 198 Å². The van der Waals surface area contributed by atoms with Crippen molar-refractivity contribution in [3.8, 4) is 0 Å². The van der Waals surface area contributed by atoms with E-state index < -0.39 is 0 Å². The number of allylic oxidation sites excluding steroid dienone is 2. The van der Waals surface area contributed by atoms with Gasteiger partial charge in [0.2, 0.25) is 6.71 Å². The Bertz CT molecular complexity index is 894. The lowest BCUT2D eigenvalue weighted by molar-refractivity contribution is 0.351. The molecule has 0 radical (unpaired) electrons. The molecule has 2 aliphatic carbocycles. The molecule has 0 spiro atoms. The Morgan fingerprint density at radius 1 is 0.750 bits per heavy atom. The molecule has 0 heterocycles. The first kappa shape index (κ1) is 23.4. The van der Waals surface area contributed by atoms with Crippen LogP contribution in [0.25, 0.3) is 0 Å². The van der Waals surface area contributed by atoms with Gasteiger partial charge in [-0.05, 0) is 78.6 Å². The van der Waals surface area contributed by atoms with E-state index in [4.69, 9.17) is 0 Å². The molecule has 0 saturated heterocycles. The summed E-state index contributed by atoms with van der Waals surface area (Å²) in [6.07, 6.45) is 17.6. The minimum atomic E-state index is 0.517. The Balaban J connectivity index is 1.45. The maximum atomic E-state index is 2.57. The van der Waals surface area contributed by atoms with Crippen LogP contribution in [0.1, 0.15) is 84.7 Å². The van der Waals surface area contributed by atoms with Crippen LogP contribution in [0.2, 0.25) is 6.32 Å². The fourth-order valence-corrected chi connectivity index (χ4v) is 7.26. The first-order chi connectivity index (χ1) is 15.3. The smallest absolute Gasteiger partial charge is 0.0848 e. The van der Waals surface area contributed by atoms with Crippen molar-refractivity contribution >= 4 is 17.6 Å². The summed E-state index contributed by atoms with van der Waals surface area (Å²) in [5, 5.41) is 0. The van der Waals surface area contributed by atoms with Crippen molar-refractivity contribution < 1.29 is 0 Å². The van der Waals surface area contributed by atoms with Crippen molar-refractivity contribution in [2.75, 3.05) is 0 Å². The Hall–Kier alpha value is -1.76. The minimum absolute atomic E-state index is 0.517. The summed E-state index contributed by atoms with van der Waals surface area (Å²) in [6.45, 7) is 14.3. The molecule has 2 atom stereocenters. The minimum Gasteiger partial charge on any atom is -0.0848 e. The van der Waals surface area contributed by atoms with Gasteiger partial charge in [0.1, 0.15) is 0 Å². The Kier molecular flexibility index (Phi) is 7.04. The van der Waals surface area contributed by atoms with Crippen molar-refractivity contribution in [1.82, 2.24) is 0 Å². The van der Waals surface area contributed by atoms with E-state index in [0.717, 1.165) is 5.92 Å². The van der Waals surface area contributed by atoms with E-state index in [1.165, 1.54) is 91.1 Å². The van der Waals surface area contributed by atoms with Gasteiger partial charge in [-0.2, -0.15) is 0 Å². The maximum absolute atomic E-state index is 2.57. The van der Waals surface area contributed by atoms with Crippen LogP contribution in [-0.2, 0) is 0 Å². The van der Waals surface area contributed by atoms with E-state index in [2.05, 4.69) is 78.0 Å². The lowest BCUT2D eigenvalue weighted by atomic mass is 9.35. The number of unbranched alkanes of at least 4 members (excludes halogenated alkanes) is 3. The van der Waals surface area contributed by atoms with Gasteiger partial charge in [0.15, 0.2) is 0 Å². The Morgan fingerprint density at radius 2 is 1.28 bits per heavy atom. The van der Waals surface area contributed by atoms with Gasteiger partial charge in [0.05, 0.1) is 0 Å². The quantitative estimate of drug-likeness (QED) is 0.222. The fourth-order valence-electron chi connectivity index (χ4n) is 7.26. The van der Waals surface area contributed by atoms with Crippen molar-refractivity contribution in [1.29, 1.82) is 0 Å². The lowest BCUT2D eigenvalue weighted by Crippen LogP contribution is -2.47.